The molecular formula is C14H16N4O2. The summed E-state index contributed by atoms with van der Waals surface area (Å²) < 4.78 is 4.98. The number of carbonyl (C=O) groups is 1. The van der Waals surface area contributed by atoms with Crippen LogP contribution in [0.2, 0.25) is 0 Å². The number of fused-ring (bicyclic) bond motifs is 1. The number of rotatable bonds is 3. The lowest BCUT2D eigenvalue weighted by Crippen LogP contribution is -2.32. The highest BCUT2D eigenvalue weighted by molar-refractivity contribution is 5.86. The number of nitrogens with one attached hydrogen (secondary N) is 2. The van der Waals surface area contributed by atoms with Gasteiger partial charge in [0.1, 0.15) is 0 Å². The average molecular weight is 272 g/mol. The zero-order valence-electron chi connectivity index (χ0n) is 11.2. The fourth-order valence-corrected chi connectivity index (χ4v) is 2.44. The van der Waals surface area contributed by atoms with Crippen LogP contribution >= 0.6 is 0 Å². The molecule has 1 atom stereocenters. The van der Waals surface area contributed by atoms with Gasteiger partial charge in [-0.05, 0) is 25.0 Å². The Hall–Kier alpha value is -2.37. The van der Waals surface area contributed by atoms with Crippen LogP contribution in [0.25, 0.3) is 0 Å². The minimum atomic E-state index is -0.128. The fourth-order valence-electron chi connectivity index (χ4n) is 2.44. The molecule has 104 valence electrons. The molecule has 0 spiro atoms. The molecule has 0 radical (unpaired) electrons. The second-order valence-electron chi connectivity index (χ2n) is 4.81. The van der Waals surface area contributed by atoms with Crippen LogP contribution in [0, 0.1) is 6.92 Å². The lowest BCUT2D eigenvalue weighted by Gasteiger charge is -2.25. The van der Waals surface area contributed by atoms with Crippen molar-refractivity contribution in [1.29, 1.82) is 0 Å². The van der Waals surface area contributed by atoms with E-state index < -0.39 is 0 Å². The Morgan fingerprint density at radius 2 is 2.35 bits per heavy atom. The van der Waals surface area contributed by atoms with Gasteiger partial charge in [-0.1, -0.05) is 23.4 Å². The van der Waals surface area contributed by atoms with Crippen LogP contribution in [0.15, 0.2) is 28.8 Å². The third kappa shape index (κ3) is 2.49. The van der Waals surface area contributed by atoms with Gasteiger partial charge in [0.15, 0.2) is 5.82 Å². The number of hydrogen-bond acceptors (Lipinski definition) is 5. The molecule has 6 nitrogen and oxygen atoms in total. The zero-order valence-corrected chi connectivity index (χ0v) is 11.2. The van der Waals surface area contributed by atoms with Crippen LogP contribution in [-0.4, -0.2) is 22.6 Å². The SMILES string of the molecule is Cc1noc(CNC(=O)C2CCNc3ccccc32)n1. The van der Waals surface area contributed by atoms with Crippen LogP contribution in [-0.2, 0) is 11.3 Å². The Morgan fingerprint density at radius 3 is 3.15 bits per heavy atom. The van der Waals surface area contributed by atoms with E-state index in [2.05, 4.69) is 20.8 Å². The maximum absolute atomic E-state index is 12.3. The number of hydrogen-bond donors (Lipinski definition) is 2. The monoisotopic (exact) mass is 272 g/mol. The van der Waals surface area contributed by atoms with Crippen LogP contribution in [0.1, 0.15) is 29.6 Å². The van der Waals surface area contributed by atoms with E-state index in [4.69, 9.17) is 4.52 Å². The van der Waals surface area contributed by atoms with Crippen molar-refractivity contribution in [2.24, 2.45) is 0 Å². The summed E-state index contributed by atoms with van der Waals surface area (Å²) in [5, 5.41) is 9.86. The van der Waals surface area contributed by atoms with Gasteiger partial charge in [0.25, 0.3) is 0 Å². The van der Waals surface area contributed by atoms with Crippen molar-refractivity contribution < 1.29 is 9.32 Å². The first kappa shape index (κ1) is 12.7. The molecule has 0 saturated carbocycles. The van der Waals surface area contributed by atoms with Crippen molar-refractivity contribution in [2.45, 2.75) is 25.8 Å². The summed E-state index contributed by atoms with van der Waals surface area (Å²) in [6, 6.07) is 7.90. The van der Waals surface area contributed by atoms with Gasteiger partial charge in [-0.2, -0.15) is 4.98 Å². The van der Waals surface area contributed by atoms with Crippen molar-refractivity contribution in [3.8, 4) is 0 Å². The zero-order chi connectivity index (χ0) is 13.9. The van der Waals surface area contributed by atoms with Gasteiger partial charge in [0, 0.05) is 12.2 Å². The summed E-state index contributed by atoms with van der Waals surface area (Å²) in [5.41, 5.74) is 2.07. The third-order valence-electron chi connectivity index (χ3n) is 3.38. The van der Waals surface area contributed by atoms with Gasteiger partial charge in [-0.25, -0.2) is 0 Å². The van der Waals surface area contributed by atoms with Gasteiger partial charge in [-0.15, -0.1) is 0 Å². The Morgan fingerprint density at radius 1 is 1.50 bits per heavy atom. The van der Waals surface area contributed by atoms with Crippen molar-refractivity contribution in [3.63, 3.8) is 0 Å². The average Bonchev–Trinajstić information content (AvgIpc) is 2.90. The molecule has 6 heteroatoms. The molecule has 1 unspecified atom stereocenters. The Balaban J connectivity index is 1.69. The van der Waals surface area contributed by atoms with Crippen LogP contribution in [0.3, 0.4) is 0 Å². The molecule has 3 rings (SSSR count). The minimum Gasteiger partial charge on any atom is -0.385 e. The first-order valence-electron chi connectivity index (χ1n) is 6.64. The normalized spacial score (nSPS) is 17.1. The number of aromatic nitrogens is 2. The topological polar surface area (TPSA) is 80.0 Å². The molecule has 2 N–H and O–H groups in total. The first-order valence-corrected chi connectivity index (χ1v) is 6.64. The number of aryl methyl sites for hydroxylation is 1. The van der Waals surface area contributed by atoms with Gasteiger partial charge >= 0.3 is 0 Å². The smallest absolute Gasteiger partial charge is 0.246 e. The van der Waals surface area contributed by atoms with Crippen molar-refractivity contribution in [3.05, 3.63) is 41.5 Å². The number of anilines is 1. The minimum absolute atomic E-state index is 0.00481. The molecule has 0 saturated heterocycles. The van der Waals surface area contributed by atoms with Crippen molar-refractivity contribution in [1.82, 2.24) is 15.5 Å². The molecule has 0 fully saturated rings. The maximum atomic E-state index is 12.3. The Kier molecular flexibility index (Phi) is 3.37. The predicted molar refractivity (Wildman–Crippen MR) is 73.2 cm³/mol. The summed E-state index contributed by atoms with van der Waals surface area (Å²) in [7, 11) is 0. The molecule has 1 aromatic carbocycles. The number of benzene rings is 1. The van der Waals surface area contributed by atoms with E-state index in [1.165, 1.54) is 0 Å². The molecule has 20 heavy (non-hydrogen) atoms. The molecule has 2 aromatic rings. The third-order valence-corrected chi connectivity index (χ3v) is 3.38. The van der Waals surface area contributed by atoms with E-state index in [1.54, 1.807) is 6.92 Å². The highest BCUT2D eigenvalue weighted by Gasteiger charge is 2.26. The largest absolute Gasteiger partial charge is 0.385 e. The molecule has 0 aliphatic carbocycles. The Labute approximate surface area is 116 Å². The molecule has 1 aliphatic heterocycles. The van der Waals surface area contributed by atoms with E-state index in [9.17, 15) is 4.79 Å². The molecule has 1 aliphatic rings. The number of para-hydroxylation sites is 1. The van der Waals surface area contributed by atoms with Crippen LogP contribution in [0.4, 0.5) is 5.69 Å². The highest BCUT2D eigenvalue weighted by Crippen LogP contribution is 2.31. The van der Waals surface area contributed by atoms with E-state index in [1.807, 2.05) is 24.3 Å². The first-order chi connectivity index (χ1) is 9.74. The van der Waals surface area contributed by atoms with E-state index in [0.717, 1.165) is 24.2 Å². The van der Waals surface area contributed by atoms with Crippen molar-refractivity contribution in [2.75, 3.05) is 11.9 Å². The molecule has 1 amide bonds. The standard InChI is InChI=1S/C14H16N4O2/c1-9-17-13(20-18-9)8-16-14(19)11-6-7-15-12-5-3-2-4-10(11)12/h2-5,11,15H,6-8H2,1H3,(H,16,19). The quantitative estimate of drug-likeness (QED) is 0.887. The summed E-state index contributed by atoms with van der Waals surface area (Å²) in [6.07, 6.45) is 0.783. The molecule has 1 aromatic heterocycles. The summed E-state index contributed by atoms with van der Waals surface area (Å²) in [5.74, 6) is 0.866. The van der Waals surface area contributed by atoms with E-state index in [0.29, 0.717) is 11.7 Å². The van der Waals surface area contributed by atoms with E-state index >= 15 is 0 Å². The lowest BCUT2D eigenvalue weighted by atomic mass is 9.90. The second kappa shape index (κ2) is 5.32. The van der Waals surface area contributed by atoms with Gasteiger partial charge in [-0.3, -0.25) is 4.79 Å². The van der Waals surface area contributed by atoms with Crippen LogP contribution < -0.4 is 10.6 Å². The number of amides is 1. The van der Waals surface area contributed by atoms with Crippen LogP contribution in [0.5, 0.6) is 0 Å². The second-order valence-corrected chi connectivity index (χ2v) is 4.81. The number of nitrogens with zero attached hydrogens (tertiary/aromatic N) is 2. The summed E-state index contributed by atoms with van der Waals surface area (Å²) >= 11 is 0. The lowest BCUT2D eigenvalue weighted by molar-refractivity contribution is -0.123. The van der Waals surface area contributed by atoms with Gasteiger partial charge in [0.05, 0.1) is 12.5 Å². The van der Waals surface area contributed by atoms with E-state index in [-0.39, 0.29) is 18.4 Å². The maximum Gasteiger partial charge on any atom is 0.246 e. The number of carbonyl (C=O) groups excluding carboxylic acids is 1. The van der Waals surface area contributed by atoms with Gasteiger partial charge < -0.3 is 15.2 Å². The molecular weight excluding hydrogens is 256 g/mol. The summed E-state index contributed by atoms with van der Waals surface area (Å²) in [6.45, 7) is 2.82. The molecule has 2 heterocycles. The predicted octanol–water partition coefficient (Wildman–Crippen LogP) is 1.59. The molecule has 0 bridgehead atoms. The Bertz CT molecular complexity index is 623. The summed E-state index contributed by atoms with van der Waals surface area (Å²) in [4.78, 5) is 16.4. The highest BCUT2D eigenvalue weighted by atomic mass is 16.5. The fraction of sp³-hybridized carbons (Fsp3) is 0.357. The van der Waals surface area contributed by atoms with Gasteiger partial charge in [0.2, 0.25) is 11.8 Å². The van der Waals surface area contributed by atoms with Crippen molar-refractivity contribution >= 4 is 11.6 Å².